The van der Waals surface area contributed by atoms with Gasteiger partial charge in [-0.25, -0.2) is 4.98 Å². The van der Waals surface area contributed by atoms with E-state index in [0.29, 0.717) is 17.9 Å². The molecule has 11 nitrogen and oxygen atoms in total. The number of anilines is 1. The van der Waals surface area contributed by atoms with Crippen LogP contribution in [0.15, 0.2) is 21.8 Å². The Balaban J connectivity index is 1.51. The Labute approximate surface area is 186 Å². The lowest BCUT2D eigenvalue weighted by Crippen LogP contribution is -2.71. The predicted octanol–water partition coefficient (Wildman–Crippen LogP) is -1.45. The molecule has 2 fully saturated rings. The number of nitrogens with zero attached hydrogens (tertiary/aromatic N) is 4. The number of rotatable bonds is 6. The first-order valence-electron chi connectivity index (χ1n) is 9.70. The maximum Gasteiger partial charge on any atom is 0.276 e. The van der Waals surface area contributed by atoms with Crippen molar-refractivity contribution >= 4 is 51.7 Å². The Bertz CT molecular complexity index is 999. The van der Waals surface area contributed by atoms with Crippen LogP contribution < -0.4 is 16.2 Å². The molecule has 3 aliphatic rings. The number of likely N-dealkylation sites (tertiary alicyclic amines) is 1. The first kappa shape index (κ1) is 21.6. The number of aromatic nitrogens is 1. The molecule has 2 atom stereocenters. The van der Waals surface area contributed by atoms with Gasteiger partial charge in [0.25, 0.3) is 11.8 Å². The number of thiazole rings is 1. The second kappa shape index (κ2) is 8.13. The maximum absolute atomic E-state index is 12.8. The van der Waals surface area contributed by atoms with Crippen molar-refractivity contribution in [2.45, 2.75) is 24.3 Å². The molecule has 0 bridgehead atoms. The van der Waals surface area contributed by atoms with Crippen LogP contribution in [0, 0.1) is 0 Å². The minimum Gasteiger partial charge on any atom is -0.543 e. The van der Waals surface area contributed by atoms with Gasteiger partial charge < -0.3 is 30.6 Å². The fraction of sp³-hybridized carbons (Fsp3) is 0.500. The van der Waals surface area contributed by atoms with E-state index in [-0.39, 0.29) is 22.2 Å². The molecule has 4 rings (SSSR count). The standard InChI is InChI=1S/C18H22N6O5S2/c1-24(4-2-3-5-24)6-9-7-30-16-12(15(26)23(16)13(9)17(27)28)21-14(25)11(22-29)10-8-31-18(19)20-10/h8,12,16H,2-7H2,1H3,(H4-,19,20,21,25,27,28,29)/t12-,16-/m1/s1. The van der Waals surface area contributed by atoms with Crippen molar-refractivity contribution in [3.63, 3.8) is 0 Å². The number of carbonyl (C=O) groups excluding carboxylic acids is 3. The summed E-state index contributed by atoms with van der Waals surface area (Å²) in [4.78, 5) is 42.4. The van der Waals surface area contributed by atoms with E-state index < -0.39 is 29.2 Å². The fourth-order valence-electron chi connectivity index (χ4n) is 4.33. The largest absolute Gasteiger partial charge is 0.543 e. The van der Waals surface area contributed by atoms with Crippen molar-refractivity contribution in [1.82, 2.24) is 15.2 Å². The number of hydrogen-bond donors (Lipinski definition) is 3. The van der Waals surface area contributed by atoms with Crippen molar-refractivity contribution in [3.8, 4) is 0 Å². The summed E-state index contributed by atoms with van der Waals surface area (Å²) >= 11 is 2.47. The molecule has 1 aromatic heterocycles. The highest BCUT2D eigenvalue weighted by Crippen LogP contribution is 2.41. The van der Waals surface area contributed by atoms with Crippen molar-refractivity contribution in [2.24, 2.45) is 5.16 Å². The van der Waals surface area contributed by atoms with Gasteiger partial charge in [-0.2, -0.15) is 0 Å². The Kier molecular flexibility index (Phi) is 5.66. The molecule has 0 unspecified atom stereocenters. The van der Waals surface area contributed by atoms with Gasteiger partial charge in [0, 0.05) is 29.5 Å². The summed E-state index contributed by atoms with van der Waals surface area (Å²) < 4.78 is 0.743. The van der Waals surface area contributed by atoms with Crippen molar-refractivity contribution in [2.75, 3.05) is 38.2 Å². The SMILES string of the molecule is C[N+]1(CC2=C(C(=O)[O-])N3C(=O)[C@@H](NC(=O)/C(=N\O)c4csc(N)n4)[C@H]3SC2)CCCC1. The van der Waals surface area contributed by atoms with Crippen LogP contribution in [-0.4, -0.2) is 86.9 Å². The average molecular weight is 467 g/mol. The van der Waals surface area contributed by atoms with Gasteiger partial charge in [-0.05, 0) is 0 Å². The molecular formula is C18H22N6O5S2. The summed E-state index contributed by atoms with van der Waals surface area (Å²) in [6.45, 7) is 2.49. The molecule has 0 aliphatic carbocycles. The van der Waals surface area contributed by atoms with Gasteiger partial charge in [0.05, 0.1) is 31.8 Å². The number of carbonyl (C=O) groups is 3. The molecule has 2 saturated heterocycles. The third-order valence-electron chi connectivity index (χ3n) is 5.83. The van der Waals surface area contributed by atoms with Gasteiger partial charge in [-0.1, -0.05) is 5.16 Å². The van der Waals surface area contributed by atoms with Crippen LogP contribution in [0.4, 0.5) is 5.13 Å². The average Bonchev–Trinajstić information content (AvgIpc) is 3.34. The predicted molar refractivity (Wildman–Crippen MR) is 112 cm³/mol. The van der Waals surface area contributed by atoms with Gasteiger partial charge in [0.2, 0.25) is 0 Å². The molecule has 3 aliphatic heterocycles. The van der Waals surface area contributed by atoms with Crippen LogP contribution in [0.1, 0.15) is 18.5 Å². The number of carboxylic acids is 1. The third kappa shape index (κ3) is 3.88. The van der Waals surface area contributed by atoms with E-state index >= 15 is 0 Å². The van der Waals surface area contributed by atoms with Gasteiger partial charge >= 0.3 is 0 Å². The zero-order valence-corrected chi connectivity index (χ0v) is 18.4. The summed E-state index contributed by atoms with van der Waals surface area (Å²) in [5.74, 6) is -2.30. The quantitative estimate of drug-likeness (QED) is 0.151. The Morgan fingerprint density at radius 1 is 1.45 bits per heavy atom. The Morgan fingerprint density at radius 3 is 2.74 bits per heavy atom. The minimum atomic E-state index is -1.39. The number of aliphatic carboxylic acids is 1. The lowest BCUT2D eigenvalue weighted by atomic mass is 10.0. The molecular weight excluding hydrogens is 444 g/mol. The van der Waals surface area contributed by atoms with Gasteiger partial charge in [-0.3, -0.25) is 14.5 Å². The number of thioether (sulfide) groups is 1. The number of hydrogen-bond acceptors (Lipinski definition) is 10. The summed E-state index contributed by atoms with van der Waals surface area (Å²) in [7, 11) is 2.09. The molecule has 0 radical (unpaired) electrons. The van der Waals surface area contributed by atoms with Crippen molar-refractivity contribution in [1.29, 1.82) is 0 Å². The number of amides is 2. The first-order chi connectivity index (χ1) is 14.7. The maximum atomic E-state index is 12.8. The molecule has 0 saturated carbocycles. The van der Waals surface area contributed by atoms with Gasteiger partial charge in [-0.15, -0.1) is 23.1 Å². The highest BCUT2D eigenvalue weighted by Gasteiger charge is 2.53. The second-order valence-electron chi connectivity index (χ2n) is 8.05. The molecule has 166 valence electrons. The molecule has 0 spiro atoms. The third-order valence-corrected chi connectivity index (χ3v) is 7.84. The Morgan fingerprint density at radius 2 is 2.16 bits per heavy atom. The van der Waals surface area contributed by atoms with Crippen LogP contribution >= 0.6 is 23.1 Å². The Hall–Kier alpha value is -2.64. The molecule has 0 aromatic carbocycles. The molecule has 13 heteroatoms. The topological polar surface area (TPSA) is 161 Å². The van der Waals surface area contributed by atoms with Crippen LogP contribution in [0.5, 0.6) is 0 Å². The highest BCUT2D eigenvalue weighted by molar-refractivity contribution is 8.00. The number of quaternary nitrogens is 1. The number of nitrogens with one attached hydrogen (secondary N) is 1. The number of likely N-dealkylation sites (N-methyl/N-ethyl adjacent to an activating group) is 1. The number of oxime groups is 1. The van der Waals surface area contributed by atoms with E-state index in [0.717, 1.165) is 41.8 Å². The monoisotopic (exact) mass is 466 g/mol. The summed E-state index contributed by atoms with van der Waals surface area (Å²) in [6.07, 6.45) is 2.19. The van der Waals surface area contributed by atoms with Crippen LogP contribution in [0.3, 0.4) is 0 Å². The summed E-state index contributed by atoms with van der Waals surface area (Å²) in [6, 6.07) is -0.947. The van der Waals surface area contributed by atoms with E-state index in [9.17, 15) is 24.7 Å². The number of nitrogen functional groups attached to an aromatic ring is 1. The van der Waals surface area contributed by atoms with E-state index in [1.165, 1.54) is 22.0 Å². The lowest BCUT2D eigenvalue weighted by molar-refractivity contribution is -0.893. The zero-order valence-electron chi connectivity index (χ0n) is 16.7. The first-order valence-corrected chi connectivity index (χ1v) is 11.6. The van der Waals surface area contributed by atoms with Gasteiger partial charge in [0.15, 0.2) is 10.8 Å². The molecule has 2 amide bonds. The van der Waals surface area contributed by atoms with E-state index in [1.807, 2.05) is 0 Å². The van der Waals surface area contributed by atoms with E-state index in [1.54, 1.807) is 0 Å². The smallest absolute Gasteiger partial charge is 0.276 e. The number of nitrogens with two attached hydrogens (primary N) is 1. The van der Waals surface area contributed by atoms with Crippen LogP contribution in [0.25, 0.3) is 0 Å². The summed E-state index contributed by atoms with van der Waals surface area (Å²) in [5.41, 5.74) is 5.85. The number of β-lactam (4-membered cyclic amide) rings is 1. The number of fused-ring (bicyclic) bond motifs is 1. The van der Waals surface area contributed by atoms with Crippen LogP contribution in [0.2, 0.25) is 0 Å². The van der Waals surface area contributed by atoms with E-state index in [4.69, 9.17) is 5.73 Å². The van der Waals surface area contributed by atoms with Crippen LogP contribution in [-0.2, 0) is 14.4 Å². The van der Waals surface area contributed by atoms with E-state index in [2.05, 4.69) is 22.5 Å². The second-order valence-corrected chi connectivity index (χ2v) is 10.0. The lowest BCUT2D eigenvalue weighted by Gasteiger charge is -2.51. The highest BCUT2D eigenvalue weighted by atomic mass is 32.2. The van der Waals surface area contributed by atoms with Gasteiger partial charge in [0.1, 0.15) is 23.7 Å². The normalized spacial score (nSPS) is 25.3. The fourth-order valence-corrected chi connectivity index (χ4v) is 6.21. The minimum absolute atomic E-state index is 0.0857. The van der Waals surface area contributed by atoms with Crippen molar-refractivity contribution < 1.29 is 29.2 Å². The molecule has 31 heavy (non-hydrogen) atoms. The molecule has 1 aromatic rings. The molecule has 4 N–H and O–H groups in total. The van der Waals surface area contributed by atoms with Crippen molar-refractivity contribution in [3.05, 3.63) is 22.3 Å². The number of carboxylic acid groups (broad SMARTS) is 1. The summed E-state index contributed by atoms with van der Waals surface area (Å²) in [5, 5.41) is 27.7. The zero-order chi connectivity index (χ0) is 22.3. The molecule has 4 heterocycles.